The van der Waals surface area contributed by atoms with Crippen LogP contribution in [0, 0.1) is 0 Å². The summed E-state index contributed by atoms with van der Waals surface area (Å²) in [5.74, 6) is 0. The highest BCUT2D eigenvalue weighted by molar-refractivity contribution is 6.31. The molecule has 0 radical (unpaired) electrons. The second kappa shape index (κ2) is 6.30. The molecule has 1 aliphatic rings. The molecule has 1 N–H and O–H groups in total. The van der Waals surface area contributed by atoms with Gasteiger partial charge in [-0.3, -0.25) is 5.43 Å². The van der Waals surface area contributed by atoms with E-state index in [0.29, 0.717) is 5.02 Å². The zero-order valence-corrected chi connectivity index (χ0v) is 14.1. The zero-order chi connectivity index (χ0) is 16.5. The lowest BCUT2D eigenvalue weighted by molar-refractivity contribution is 0.481. The molecule has 2 unspecified atom stereocenters. The number of imidazole rings is 1. The maximum Gasteiger partial charge on any atom is 0.105 e. The van der Waals surface area contributed by atoms with Gasteiger partial charge in [0.15, 0.2) is 0 Å². The molecule has 0 aliphatic carbocycles. The van der Waals surface area contributed by atoms with Gasteiger partial charge in [0.05, 0.1) is 18.1 Å². The molecule has 0 fully saturated rings. The van der Waals surface area contributed by atoms with Crippen molar-refractivity contribution in [3.05, 3.63) is 88.4 Å². The van der Waals surface area contributed by atoms with Crippen molar-refractivity contribution in [1.29, 1.82) is 0 Å². The van der Waals surface area contributed by atoms with Gasteiger partial charge < -0.3 is 4.57 Å². The van der Waals surface area contributed by atoms with E-state index in [1.54, 1.807) is 6.20 Å². The molecular formula is C18H14Cl2N4. The van der Waals surface area contributed by atoms with Crippen molar-refractivity contribution in [3.63, 3.8) is 0 Å². The molecule has 2 atom stereocenters. The van der Waals surface area contributed by atoms with E-state index in [0.717, 1.165) is 21.9 Å². The molecule has 1 aliphatic heterocycles. The topological polar surface area (TPSA) is 42.2 Å². The van der Waals surface area contributed by atoms with Crippen molar-refractivity contribution in [3.8, 4) is 0 Å². The Hall–Kier alpha value is -2.30. The van der Waals surface area contributed by atoms with Crippen molar-refractivity contribution in [2.75, 3.05) is 0 Å². The van der Waals surface area contributed by atoms with Gasteiger partial charge in [-0.15, -0.1) is 0 Å². The Morgan fingerprint density at radius 3 is 2.21 bits per heavy atom. The van der Waals surface area contributed by atoms with Gasteiger partial charge in [0, 0.05) is 28.0 Å². The molecule has 2 heterocycles. The van der Waals surface area contributed by atoms with Gasteiger partial charge in [-0.1, -0.05) is 47.5 Å². The van der Waals surface area contributed by atoms with Gasteiger partial charge in [0.1, 0.15) is 6.04 Å². The number of nitrogens with zero attached hydrogens (tertiary/aromatic N) is 3. The minimum absolute atomic E-state index is 0.00199. The van der Waals surface area contributed by atoms with Gasteiger partial charge in [-0.2, -0.15) is 5.10 Å². The van der Waals surface area contributed by atoms with Gasteiger partial charge in [-0.05, 0) is 29.8 Å². The van der Waals surface area contributed by atoms with E-state index in [4.69, 9.17) is 23.2 Å². The van der Waals surface area contributed by atoms with Crippen molar-refractivity contribution in [2.45, 2.75) is 12.1 Å². The summed E-state index contributed by atoms with van der Waals surface area (Å²) in [6.07, 6.45) is 5.54. The van der Waals surface area contributed by atoms with Crippen molar-refractivity contribution >= 4 is 28.9 Å². The highest BCUT2D eigenvalue weighted by Gasteiger charge is 2.34. The predicted octanol–water partition coefficient (Wildman–Crippen LogP) is 4.48. The summed E-state index contributed by atoms with van der Waals surface area (Å²) in [5, 5.41) is 6.02. The molecule has 0 spiro atoms. The van der Waals surface area contributed by atoms with E-state index in [1.807, 2.05) is 61.1 Å². The number of benzene rings is 2. The number of hydrogen-bond acceptors (Lipinski definition) is 3. The van der Waals surface area contributed by atoms with Crippen LogP contribution in [0.1, 0.15) is 23.2 Å². The quantitative estimate of drug-likeness (QED) is 0.751. The maximum absolute atomic E-state index is 6.02. The van der Waals surface area contributed by atoms with Crippen LogP contribution in [0.4, 0.5) is 0 Å². The van der Waals surface area contributed by atoms with Crippen LogP contribution in [0.5, 0.6) is 0 Å². The Kier molecular flexibility index (Phi) is 4.00. The third-order valence-electron chi connectivity index (χ3n) is 4.14. The van der Waals surface area contributed by atoms with E-state index < -0.39 is 0 Å². The second-order valence-electron chi connectivity index (χ2n) is 5.62. The Morgan fingerprint density at radius 2 is 1.58 bits per heavy atom. The molecule has 0 saturated carbocycles. The average molecular weight is 357 g/mol. The van der Waals surface area contributed by atoms with Crippen LogP contribution in [0.3, 0.4) is 0 Å². The zero-order valence-electron chi connectivity index (χ0n) is 12.6. The molecule has 4 nitrogen and oxygen atoms in total. The minimum atomic E-state index is -0.00477. The molecule has 0 bridgehead atoms. The van der Waals surface area contributed by atoms with Gasteiger partial charge >= 0.3 is 0 Å². The summed E-state index contributed by atoms with van der Waals surface area (Å²) in [4.78, 5) is 4.19. The summed E-state index contributed by atoms with van der Waals surface area (Å²) in [6, 6.07) is 15.5. The van der Waals surface area contributed by atoms with Crippen LogP contribution in [0.15, 0.2) is 72.4 Å². The van der Waals surface area contributed by atoms with Gasteiger partial charge in [0.2, 0.25) is 0 Å². The first kappa shape index (κ1) is 15.2. The molecule has 6 heteroatoms. The highest BCUT2D eigenvalue weighted by Crippen LogP contribution is 2.34. The molecule has 0 amide bonds. The van der Waals surface area contributed by atoms with E-state index in [1.165, 1.54) is 0 Å². The minimum Gasteiger partial charge on any atom is -0.326 e. The fraction of sp³-hybridized carbons (Fsp3) is 0.111. The third-order valence-corrected chi connectivity index (χ3v) is 4.64. The summed E-state index contributed by atoms with van der Waals surface area (Å²) in [5.41, 5.74) is 6.35. The first-order chi connectivity index (χ1) is 11.7. The predicted molar refractivity (Wildman–Crippen MR) is 96.6 cm³/mol. The number of hydrogen-bond donors (Lipinski definition) is 1. The van der Waals surface area contributed by atoms with Crippen LogP contribution in [-0.2, 0) is 0 Å². The second-order valence-corrected chi connectivity index (χ2v) is 6.49. The summed E-state index contributed by atoms with van der Waals surface area (Å²) in [7, 11) is 0. The lowest BCUT2D eigenvalue weighted by Crippen LogP contribution is -2.25. The number of hydrazone groups is 1. The highest BCUT2D eigenvalue weighted by atomic mass is 35.5. The normalized spacial score (nSPS) is 19.8. The molecule has 120 valence electrons. The fourth-order valence-corrected chi connectivity index (χ4v) is 3.22. The van der Waals surface area contributed by atoms with Gasteiger partial charge in [0.25, 0.3) is 0 Å². The summed E-state index contributed by atoms with van der Waals surface area (Å²) in [6.45, 7) is 0. The standard InChI is InChI=1S/C18H14Cl2N4/c19-14-5-1-12(2-6-14)16-18(24-10-9-21-11-24)17(23-22-16)13-3-7-15(20)8-4-13/h1-11,16,18,22H. The number of aromatic nitrogens is 2. The molecule has 3 aromatic rings. The van der Waals surface area contributed by atoms with Gasteiger partial charge in [-0.25, -0.2) is 4.98 Å². The summed E-state index contributed by atoms with van der Waals surface area (Å²) >= 11 is 12.0. The monoisotopic (exact) mass is 356 g/mol. The number of rotatable bonds is 3. The molecular weight excluding hydrogens is 343 g/mol. The van der Waals surface area contributed by atoms with Crippen molar-refractivity contribution < 1.29 is 0 Å². The molecule has 1 aromatic heterocycles. The Bertz CT molecular complexity index is 855. The van der Waals surface area contributed by atoms with Crippen LogP contribution < -0.4 is 5.43 Å². The fourth-order valence-electron chi connectivity index (χ4n) is 2.96. The average Bonchev–Trinajstić information content (AvgIpc) is 3.25. The van der Waals surface area contributed by atoms with Crippen molar-refractivity contribution in [1.82, 2.24) is 15.0 Å². The van der Waals surface area contributed by atoms with Crippen LogP contribution >= 0.6 is 23.2 Å². The molecule has 4 rings (SSSR count). The third kappa shape index (κ3) is 2.79. The molecule has 0 saturated heterocycles. The van der Waals surface area contributed by atoms with Crippen LogP contribution in [0.2, 0.25) is 10.0 Å². The van der Waals surface area contributed by atoms with E-state index >= 15 is 0 Å². The lowest BCUT2D eigenvalue weighted by Gasteiger charge is -2.22. The molecule has 24 heavy (non-hydrogen) atoms. The lowest BCUT2D eigenvalue weighted by atomic mass is 9.93. The SMILES string of the molecule is Clc1ccc(C2=NNC(c3ccc(Cl)cc3)C2n2ccnc2)cc1. The smallest absolute Gasteiger partial charge is 0.105 e. The van der Waals surface area contributed by atoms with E-state index in [-0.39, 0.29) is 12.1 Å². The Balaban J connectivity index is 1.75. The number of halogens is 2. The van der Waals surface area contributed by atoms with E-state index in [9.17, 15) is 0 Å². The maximum atomic E-state index is 6.02. The van der Waals surface area contributed by atoms with E-state index in [2.05, 4.69) is 20.1 Å². The first-order valence-electron chi connectivity index (χ1n) is 7.54. The number of nitrogens with one attached hydrogen (secondary N) is 1. The van der Waals surface area contributed by atoms with Crippen molar-refractivity contribution in [2.24, 2.45) is 5.10 Å². The largest absolute Gasteiger partial charge is 0.326 e. The molecule has 2 aromatic carbocycles. The Labute approximate surface area is 149 Å². The Morgan fingerprint density at radius 1 is 0.917 bits per heavy atom. The first-order valence-corrected chi connectivity index (χ1v) is 8.30. The summed E-state index contributed by atoms with van der Waals surface area (Å²) < 4.78 is 2.06. The van der Waals surface area contributed by atoms with Crippen LogP contribution in [0.25, 0.3) is 0 Å². The van der Waals surface area contributed by atoms with Crippen LogP contribution in [-0.4, -0.2) is 15.3 Å².